The Kier molecular flexibility index (Phi) is 23.3. The number of anilines is 2. The van der Waals surface area contributed by atoms with Crippen LogP contribution in [-0.2, 0) is 33.1 Å². The summed E-state index contributed by atoms with van der Waals surface area (Å²) in [6.07, 6.45) is 6.52. The number of benzene rings is 2. The predicted octanol–water partition coefficient (Wildman–Crippen LogP) is 6.74. The number of aromatic nitrogens is 6. The van der Waals surface area contributed by atoms with Crippen molar-refractivity contribution in [2.75, 3.05) is 69.0 Å². The van der Waals surface area contributed by atoms with Crippen molar-refractivity contribution in [3.63, 3.8) is 0 Å². The van der Waals surface area contributed by atoms with E-state index in [1.165, 1.54) is 0 Å². The van der Waals surface area contributed by atoms with Gasteiger partial charge in [0.25, 0.3) is 0 Å². The SMILES string of the molecule is C.CO.CS(=O)CCOCCCc1nnc(-c2cccc(Cl)c2Cl)c(N)n1.CSCCOCCCc1nnc(-c2cccc(Cl)c2Cl)c(N)n1. The summed E-state index contributed by atoms with van der Waals surface area (Å²) in [5, 5.41) is 25.1. The van der Waals surface area contributed by atoms with E-state index in [2.05, 4.69) is 36.6 Å². The molecule has 50 heavy (non-hydrogen) atoms. The molecular weight excluding hydrogens is 766 g/mol. The number of ether oxygens (including phenoxy) is 2. The summed E-state index contributed by atoms with van der Waals surface area (Å²) < 4.78 is 21.8. The van der Waals surface area contributed by atoms with Gasteiger partial charge in [-0.2, -0.15) is 11.8 Å². The zero-order valence-electron chi connectivity index (χ0n) is 27.4. The Bertz CT molecular complexity index is 1630. The van der Waals surface area contributed by atoms with Gasteiger partial charge in [0.1, 0.15) is 11.4 Å². The molecule has 5 N–H and O–H groups in total. The van der Waals surface area contributed by atoms with Crippen LogP contribution in [0.3, 0.4) is 0 Å². The summed E-state index contributed by atoms with van der Waals surface area (Å²) in [5.41, 5.74) is 14.1. The number of nitrogens with two attached hydrogens (primary N) is 2. The van der Waals surface area contributed by atoms with E-state index < -0.39 is 10.8 Å². The van der Waals surface area contributed by atoms with Gasteiger partial charge in [0, 0.05) is 72.9 Å². The van der Waals surface area contributed by atoms with Crippen LogP contribution in [0.4, 0.5) is 11.6 Å². The lowest BCUT2D eigenvalue weighted by Crippen LogP contribution is -2.08. The van der Waals surface area contributed by atoms with Crippen molar-refractivity contribution >= 4 is 80.6 Å². The van der Waals surface area contributed by atoms with Crippen LogP contribution < -0.4 is 11.5 Å². The fourth-order valence-corrected chi connectivity index (χ4v) is 5.32. The van der Waals surface area contributed by atoms with Crippen molar-refractivity contribution in [2.45, 2.75) is 33.1 Å². The molecule has 0 bridgehead atoms. The molecule has 0 aliphatic heterocycles. The molecule has 2 heterocycles. The molecule has 2 aromatic heterocycles. The Hall–Kier alpha value is -2.40. The fourth-order valence-electron chi connectivity index (χ4n) is 3.90. The van der Waals surface area contributed by atoms with E-state index in [-0.39, 0.29) is 13.2 Å². The largest absolute Gasteiger partial charge is 0.400 e. The van der Waals surface area contributed by atoms with Gasteiger partial charge in [-0.15, -0.1) is 20.4 Å². The van der Waals surface area contributed by atoms with E-state index in [0.717, 1.165) is 32.3 Å². The zero-order valence-corrected chi connectivity index (χ0v) is 32.0. The number of hydrogen-bond acceptors (Lipinski definition) is 13. The first-order valence-corrected chi connectivity index (χ1v) is 19.5. The summed E-state index contributed by atoms with van der Waals surface area (Å²) in [6, 6.07) is 10.5. The van der Waals surface area contributed by atoms with Crippen LogP contribution >= 0.6 is 58.2 Å². The van der Waals surface area contributed by atoms with Crippen LogP contribution in [0.25, 0.3) is 22.5 Å². The average Bonchev–Trinajstić information content (AvgIpc) is 3.08. The van der Waals surface area contributed by atoms with Gasteiger partial charge < -0.3 is 26.0 Å². The summed E-state index contributed by atoms with van der Waals surface area (Å²) in [4.78, 5) is 8.56. The smallest absolute Gasteiger partial charge is 0.154 e. The van der Waals surface area contributed by atoms with E-state index in [9.17, 15) is 4.21 Å². The summed E-state index contributed by atoms with van der Waals surface area (Å²) in [7, 11) is 0.169. The first-order chi connectivity index (χ1) is 23.6. The molecule has 18 heteroatoms. The molecule has 0 fully saturated rings. The standard InChI is InChI=1S/C15H18Cl2N4O2S.C15H18Cl2N4OS.CH4O.CH4/c1-24(22)9-8-23-7-3-6-12-19-15(18)14(21-20-12)10-4-2-5-11(16)13(10)17;1-23-9-8-22-7-3-6-12-19-15(18)14(21-20-12)10-4-2-5-11(16)13(10)17;1-2;/h2,4-5H,3,6-9H2,1H3,(H2,18,19,20);2,4-5H,3,6-9H2,1H3,(H2,18,19,20);2H,1H3;1H4. The number of halogens is 4. The normalized spacial score (nSPS) is 11.0. The molecule has 4 aromatic rings. The minimum Gasteiger partial charge on any atom is -0.400 e. The molecule has 276 valence electrons. The van der Waals surface area contributed by atoms with Gasteiger partial charge in [-0.3, -0.25) is 4.21 Å². The van der Waals surface area contributed by atoms with Crippen LogP contribution in [0.1, 0.15) is 31.9 Å². The van der Waals surface area contributed by atoms with Crippen LogP contribution in [0.5, 0.6) is 0 Å². The molecule has 0 spiro atoms. The molecule has 1 atom stereocenters. The van der Waals surface area contributed by atoms with E-state index in [1.807, 2.05) is 0 Å². The van der Waals surface area contributed by atoms with Gasteiger partial charge in [-0.05, 0) is 31.2 Å². The predicted molar refractivity (Wildman–Crippen MR) is 210 cm³/mol. The zero-order chi connectivity index (χ0) is 36.2. The second-order valence-electron chi connectivity index (χ2n) is 9.83. The van der Waals surface area contributed by atoms with Crippen molar-refractivity contribution in [3.8, 4) is 22.5 Å². The molecule has 0 radical (unpaired) electrons. The molecule has 4 rings (SSSR count). The molecule has 0 aliphatic carbocycles. The number of aliphatic hydroxyl groups is 1. The van der Waals surface area contributed by atoms with E-state index in [0.29, 0.717) is 98.5 Å². The van der Waals surface area contributed by atoms with Gasteiger partial charge in [0.2, 0.25) is 0 Å². The van der Waals surface area contributed by atoms with E-state index >= 15 is 0 Å². The van der Waals surface area contributed by atoms with E-state index in [4.69, 9.17) is 72.5 Å². The van der Waals surface area contributed by atoms with Gasteiger partial charge in [0.05, 0.1) is 33.3 Å². The van der Waals surface area contributed by atoms with Gasteiger partial charge in [-0.1, -0.05) is 78.1 Å². The van der Waals surface area contributed by atoms with Gasteiger partial charge in [0.15, 0.2) is 23.3 Å². The minimum atomic E-state index is -0.831. The lowest BCUT2D eigenvalue weighted by molar-refractivity contribution is 0.146. The molecule has 1 unspecified atom stereocenters. The second kappa shape index (κ2) is 25.5. The Labute approximate surface area is 320 Å². The number of nitrogens with zero attached hydrogens (tertiary/aromatic N) is 6. The molecule has 0 amide bonds. The topological polar surface area (TPSA) is 185 Å². The molecule has 0 saturated carbocycles. The molecule has 2 aromatic carbocycles. The highest BCUT2D eigenvalue weighted by Gasteiger charge is 2.15. The number of nitrogen functional groups attached to an aromatic ring is 2. The van der Waals surface area contributed by atoms with Crippen LogP contribution in [0.2, 0.25) is 20.1 Å². The Morgan fingerprint density at radius 1 is 0.740 bits per heavy atom. The van der Waals surface area contributed by atoms with Gasteiger partial charge in [-0.25, -0.2) is 9.97 Å². The number of thioether (sulfide) groups is 1. The maximum Gasteiger partial charge on any atom is 0.154 e. The molecule has 0 saturated heterocycles. The highest BCUT2D eigenvalue weighted by molar-refractivity contribution is 7.98. The van der Waals surface area contributed by atoms with Crippen LogP contribution in [0, 0.1) is 0 Å². The second-order valence-corrected chi connectivity index (χ2v) is 13.9. The summed E-state index contributed by atoms with van der Waals surface area (Å²) in [6.45, 7) is 2.46. The van der Waals surface area contributed by atoms with Crippen molar-refractivity contribution in [1.82, 2.24) is 30.4 Å². The number of rotatable bonds is 16. The van der Waals surface area contributed by atoms with Crippen molar-refractivity contribution in [1.29, 1.82) is 0 Å². The summed E-state index contributed by atoms with van der Waals surface area (Å²) >= 11 is 26.1. The third-order valence-corrected chi connectivity index (χ3v) is 9.21. The third kappa shape index (κ3) is 15.5. The Morgan fingerprint density at radius 2 is 1.18 bits per heavy atom. The first kappa shape index (κ1) is 45.6. The number of hydrogen-bond donors (Lipinski definition) is 3. The number of aryl methyl sites for hydroxylation is 2. The quantitative estimate of drug-likeness (QED) is 0.101. The highest BCUT2D eigenvalue weighted by Crippen LogP contribution is 2.35. The van der Waals surface area contributed by atoms with Crippen molar-refractivity contribution < 1.29 is 18.8 Å². The monoisotopic (exact) mass is 808 g/mol. The van der Waals surface area contributed by atoms with Crippen molar-refractivity contribution in [3.05, 3.63) is 68.1 Å². The minimum absolute atomic E-state index is 0. The van der Waals surface area contributed by atoms with E-state index in [1.54, 1.807) is 54.4 Å². The Balaban J connectivity index is 0.000000468. The maximum atomic E-state index is 10.9. The highest BCUT2D eigenvalue weighted by atomic mass is 35.5. The van der Waals surface area contributed by atoms with Crippen LogP contribution in [0.15, 0.2) is 36.4 Å². The lowest BCUT2D eigenvalue weighted by Gasteiger charge is -2.08. The molecule has 0 aliphatic rings. The Morgan fingerprint density at radius 3 is 1.58 bits per heavy atom. The van der Waals surface area contributed by atoms with Gasteiger partial charge >= 0.3 is 0 Å². The fraction of sp³-hybridized carbons (Fsp3) is 0.438. The third-order valence-electron chi connectivity index (χ3n) is 6.25. The molecular formula is C32H44Cl4N8O4S2. The first-order valence-electron chi connectivity index (χ1n) is 14.9. The lowest BCUT2D eigenvalue weighted by atomic mass is 10.1. The van der Waals surface area contributed by atoms with Crippen molar-refractivity contribution in [2.24, 2.45) is 0 Å². The number of aliphatic hydroxyl groups excluding tert-OH is 1. The van der Waals surface area contributed by atoms with Crippen LogP contribution in [-0.4, -0.2) is 97.2 Å². The molecule has 12 nitrogen and oxygen atoms in total. The maximum absolute atomic E-state index is 10.9. The summed E-state index contributed by atoms with van der Waals surface area (Å²) in [5.74, 6) is 3.23. The average molecular weight is 811 g/mol.